The Morgan fingerprint density at radius 1 is 1.09 bits per heavy atom. The second-order valence-electron chi connectivity index (χ2n) is 8.29. The lowest BCUT2D eigenvalue weighted by Gasteiger charge is -2.26. The molecule has 1 fully saturated rings. The fraction of sp³-hybridized carbons (Fsp3) is 0.500. The summed E-state index contributed by atoms with van der Waals surface area (Å²) in [6.45, 7) is 6.70. The van der Waals surface area contributed by atoms with Crippen molar-refractivity contribution in [3.8, 4) is 11.5 Å². The molecule has 0 N–H and O–H groups in total. The van der Waals surface area contributed by atoms with Gasteiger partial charge in [0, 0.05) is 24.2 Å². The van der Waals surface area contributed by atoms with Gasteiger partial charge in [-0.25, -0.2) is 9.79 Å². The fourth-order valence-corrected chi connectivity index (χ4v) is 5.45. The molecule has 0 bridgehead atoms. The summed E-state index contributed by atoms with van der Waals surface area (Å²) in [5.41, 5.74) is 2.51. The van der Waals surface area contributed by atoms with Crippen LogP contribution in [-0.4, -0.2) is 69.1 Å². The first-order chi connectivity index (χ1) is 17.1. The van der Waals surface area contributed by atoms with Gasteiger partial charge >= 0.3 is 5.97 Å². The van der Waals surface area contributed by atoms with E-state index in [2.05, 4.69) is 4.99 Å². The summed E-state index contributed by atoms with van der Waals surface area (Å²) in [7, 11) is 0. The standard InChI is InChI=1S/C26H32N2O6S/c1-3-32-21-15-18(9-10-20(21)34-17-23(29)28-11-13-31-14-12-28)16-27-25-24(26(30)33-4-2)19-7-5-6-8-22(19)35-25/h9-10,15-16H,3-8,11-14,17H2,1-2H3. The molecule has 0 unspecified atom stereocenters. The van der Waals surface area contributed by atoms with E-state index in [0.29, 0.717) is 61.6 Å². The summed E-state index contributed by atoms with van der Waals surface area (Å²) < 4.78 is 22.2. The number of thiophene rings is 1. The molecule has 1 aliphatic heterocycles. The maximum atomic E-state index is 12.7. The average molecular weight is 501 g/mol. The van der Waals surface area contributed by atoms with Crippen molar-refractivity contribution >= 4 is 34.4 Å². The second kappa shape index (κ2) is 12.2. The third kappa shape index (κ3) is 6.21. The number of rotatable bonds is 9. The van der Waals surface area contributed by atoms with Crippen molar-refractivity contribution < 1.29 is 28.5 Å². The molecule has 0 atom stereocenters. The van der Waals surface area contributed by atoms with Crippen molar-refractivity contribution in [2.45, 2.75) is 39.5 Å². The third-order valence-electron chi connectivity index (χ3n) is 5.95. The highest BCUT2D eigenvalue weighted by Gasteiger charge is 2.26. The summed E-state index contributed by atoms with van der Waals surface area (Å²) in [6.07, 6.45) is 5.80. The van der Waals surface area contributed by atoms with Gasteiger partial charge in [-0.1, -0.05) is 0 Å². The molecule has 35 heavy (non-hydrogen) atoms. The van der Waals surface area contributed by atoms with E-state index in [9.17, 15) is 9.59 Å². The Labute approximate surface area is 209 Å². The number of nitrogens with zero attached hydrogens (tertiary/aromatic N) is 2. The van der Waals surface area contributed by atoms with Crippen LogP contribution in [0.3, 0.4) is 0 Å². The SMILES string of the molecule is CCOC(=O)c1c(N=Cc2ccc(OCC(=O)N3CCOCC3)c(OCC)c2)sc2c1CCCC2. The lowest BCUT2D eigenvalue weighted by molar-refractivity contribution is -0.137. The van der Waals surface area contributed by atoms with E-state index in [1.54, 1.807) is 28.5 Å². The topological polar surface area (TPSA) is 86.7 Å². The number of ether oxygens (including phenoxy) is 4. The number of esters is 1. The van der Waals surface area contributed by atoms with Crippen molar-refractivity contribution in [1.29, 1.82) is 0 Å². The molecule has 2 aromatic rings. The molecule has 2 aliphatic rings. The minimum atomic E-state index is -0.303. The normalized spacial score (nSPS) is 15.7. The molecule has 1 aromatic heterocycles. The van der Waals surface area contributed by atoms with Gasteiger partial charge in [0.2, 0.25) is 0 Å². The zero-order chi connectivity index (χ0) is 24.6. The van der Waals surface area contributed by atoms with E-state index < -0.39 is 0 Å². The van der Waals surface area contributed by atoms with Crippen LogP contribution in [0.25, 0.3) is 0 Å². The number of amides is 1. The maximum Gasteiger partial charge on any atom is 0.341 e. The van der Waals surface area contributed by atoms with Crippen LogP contribution in [-0.2, 0) is 27.1 Å². The summed E-state index contributed by atoms with van der Waals surface area (Å²) in [6, 6.07) is 5.47. The molecule has 0 saturated carbocycles. The number of hydrogen-bond donors (Lipinski definition) is 0. The predicted octanol–water partition coefficient (Wildman–Crippen LogP) is 4.19. The van der Waals surface area contributed by atoms with Crippen molar-refractivity contribution in [1.82, 2.24) is 4.90 Å². The average Bonchev–Trinajstić information content (AvgIpc) is 3.26. The molecule has 1 amide bonds. The second-order valence-corrected chi connectivity index (χ2v) is 9.37. The van der Waals surface area contributed by atoms with Gasteiger partial charge in [-0.2, -0.15) is 0 Å². The van der Waals surface area contributed by atoms with Gasteiger partial charge < -0.3 is 23.8 Å². The molecule has 0 spiro atoms. The van der Waals surface area contributed by atoms with E-state index in [-0.39, 0.29) is 18.5 Å². The molecule has 1 aromatic carbocycles. The molecule has 8 nitrogen and oxygen atoms in total. The Balaban J connectivity index is 1.51. The minimum Gasteiger partial charge on any atom is -0.490 e. The quantitative estimate of drug-likeness (QED) is 0.379. The smallest absolute Gasteiger partial charge is 0.341 e. The molecular formula is C26H32N2O6S. The third-order valence-corrected chi connectivity index (χ3v) is 7.15. The number of morpholine rings is 1. The number of aliphatic imine (C=N–C) groups is 1. The summed E-state index contributed by atoms with van der Waals surface area (Å²) in [5, 5.41) is 0.685. The summed E-state index contributed by atoms with van der Waals surface area (Å²) in [5.74, 6) is 0.670. The zero-order valence-electron chi connectivity index (χ0n) is 20.3. The van der Waals surface area contributed by atoms with Crippen LogP contribution in [0.5, 0.6) is 11.5 Å². The first kappa shape index (κ1) is 25.2. The van der Waals surface area contributed by atoms with E-state index in [0.717, 1.165) is 36.8 Å². The van der Waals surface area contributed by atoms with Gasteiger partial charge in [-0.3, -0.25) is 4.79 Å². The maximum absolute atomic E-state index is 12.7. The van der Waals surface area contributed by atoms with E-state index in [4.69, 9.17) is 18.9 Å². The largest absolute Gasteiger partial charge is 0.490 e. The Morgan fingerprint density at radius 2 is 1.89 bits per heavy atom. The van der Waals surface area contributed by atoms with E-state index in [1.807, 2.05) is 26.0 Å². The van der Waals surface area contributed by atoms with Crippen LogP contribution >= 0.6 is 11.3 Å². The molecule has 9 heteroatoms. The highest BCUT2D eigenvalue weighted by atomic mass is 32.1. The van der Waals surface area contributed by atoms with Gasteiger partial charge in [0.25, 0.3) is 5.91 Å². The van der Waals surface area contributed by atoms with Crippen molar-refractivity contribution in [2.75, 3.05) is 46.1 Å². The monoisotopic (exact) mass is 500 g/mol. The highest BCUT2D eigenvalue weighted by Crippen LogP contribution is 2.40. The van der Waals surface area contributed by atoms with Crippen molar-refractivity contribution in [3.05, 3.63) is 39.8 Å². The van der Waals surface area contributed by atoms with Crippen LogP contribution in [0, 0.1) is 0 Å². The molecule has 188 valence electrons. The van der Waals surface area contributed by atoms with Gasteiger partial charge in [0.15, 0.2) is 18.1 Å². The number of benzene rings is 1. The van der Waals surface area contributed by atoms with Gasteiger partial charge in [-0.05, 0) is 68.9 Å². The van der Waals surface area contributed by atoms with Crippen molar-refractivity contribution in [2.24, 2.45) is 4.99 Å². The van der Waals surface area contributed by atoms with Crippen LogP contribution in [0.15, 0.2) is 23.2 Å². The first-order valence-electron chi connectivity index (χ1n) is 12.2. The lowest BCUT2D eigenvalue weighted by Crippen LogP contribution is -2.43. The van der Waals surface area contributed by atoms with E-state index in [1.165, 1.54) is 4.88 Å². The Bertz CT molecular complexity index is 1070. The van der Waals surface area contributed by atoms with Crippen LogP contribution in [0.4, 0.5) is 5.00 Å². The number of fused-ring (bicyclic) bond motifs is 1. The van der Waals surface area contributed by atoms with Crippen LogP contribution < -0.4 is 9.47 Å². The number of aryl methyl sites for hydroxylation is 1. The fourth-order valence-electron chi connectivity index (χ4n) is 4.23. The Hall–Kier alpha value is -2.91. The first-order valence-corrected chi connectivity index (χ1v) is 13.0. The molecule has 0 radical (unpaired) electrons. The lowest BCUT2D eigenvalue weighted by atomic mass is 9.95. The minimum absolute atomic E-state index is 0.0584. The van der Waals surface area contributed by atoms with Gasteiger partial charge in [0.05, 0.1) is 32.0 Å². The number of hydrogen-bond acceptors (Lipinski definition) is 8. The highest BCUT2D eigenvalue weighted by molar-refractivity contribution is 7.16. The summed E-state index contributed by atoms with van der Waals surface area (Å²) >= 11 is 1.57. The Morgan fingerprint density at radius 3 is 2.66 bits per heavy atom. The predicted molar refractivity (Wildman–Crippen MR) is 135 cm³/mol. The van der Waals surface area contributed by atoms with Crippen LogP contribution in [0.1, 0.15) is 53.1 Å². The van der Waals surface area contributed by atoms with Crippen LogP contribution in [0.2, 0.25) is 0 Å². The number of carbonyl (C=O) groups is 2. The Kier molecular flexibility index (Phi) is 8.76. The molecule has 2 heterocycles. The van der Waals surface area contributed by atoms with E-state index >= 15 is 0 Å². The number of carbonyl (C=O) groups excluding carboxylic acids is 2. The molecule has 1 aliphatic carbocycles. The van der Waals surface area contributed by atoms with Gasteiger partial charge in [-0.15, -0.1) is 11.3 Å². The van der Waals surface area contributed by atoms with Crippen molar-refractivity contribution in [3.63, 3.8) is 0 Å². The molecular weight excluding hydrogens is 468 g/mol. The van der Waals surface area contributed by atoms with Gasteiger partial charge in [0.1, 0.15) is 5.00 Å². The zero-order valence-corrected chi connectivity index (χ0v) is 21.2. The summed E-state index contributed by atoms with van der Waals surface area (Å²) in [4.78, 5) is 32.8. The molecule has 4 rings (SSSR count). The molecule has 1 saturated heterocycles.